The summed E-state index contributed by atoms with van der Waals surface area (Å²) in [4.78, 5) is 0.129. The SMILES string of the molecule is Cc1ccc(S(=O)(=O)OCCOCCOCCOCCOCCOCCOCCOCCOCCOCCOCCBr)cc1. The number of hydrogen-bond donors (Lipinski definition) is 0. The van der Waals surface area contributed by atoms with Crippen LogP contribution in [0.15, 0.2) is 29.2 Å². The molecule has 15 heteroatoms. The molecule has 0 aliphatic rings. The molecule has 0 bridgehead atoms. The van der Waals surface area contributed by atoms with Crippen LogP contribution < -0.4 is 0 Å². The molecule has 258 valence electrons. The second kappa shape index (κ2) is 30.8. The van der Waals surface area contributed by atoms with Crippen LogP contribution in [0.3, 0.4) is 0 Å². The van der Waals surface area contributed by atoms with E-state index in [0.717, 1.165) is 10.9 Å². The van der Waals surface area contributed by atoms with Crippen molar-refractivity contribution in [3.8, 4) is 0 Å². The maximum Gasteiger partial charge on any atom is 0.297 e. The molecule has 0 saturated heterocycles. The molecule has 13 nitrogen and oxygen atoms in total. The Hall–Kier alpha value is -0.790. The van der Waals surface area contributed by atoms with Crippen LogP contribution in [0.1, 0.15) is 5.56 Å². The van der Waals surface area contributed by atoms with Crippen molar-refractivity contribution in [2.45, 2.75) is 11.8 Å². The topological polar surface area (TPSA) is 136 Å². The van der Waals surface area contributed by atoms with Crippen LogP contribution in [-0.4, -0.2) is 152 Å². The maximum atomic E-state index is 12.1. The molecule has 0 aliphatic carbocycles. The van der Waals surface area contributed by atoms with Crippen molar-refractivity contribution < 1.29 is 60.0 Å². The first kappa shape index (κ1) is 41.2. The molecule has 0 saturated carbocycles. The highest BCUT2D eigenvalue weighted by Crippen LogP contribution is 2.12. The Morgan fingerprint density at radius 3 is 0.955 bits per heavy atom. The number of ether oxygens (including phenoxy) is 10. The molecule has 0 unspecified atom stereocenters. The monoisotopic (exact) mass is 718 g/mol. The van der Waals surface area contributed by atoms with Gasteiger partial charge in [0.15, 0.2) is 0 Å². The van der Waals surface area contributed by atoms with Gasteiger partial charge in [-0.3, -0.25) is 4.18 Å². The molecule has 1 aromatic carbocycles. The molecular weight excluding hydrogens is 668 g/mol. The lowest BCUT2D eigenvalue weighted by molar-refractivity contribution is -0.0265. The van der Waals surface area contributed by atoms with Crippen molar-refractivity contribution in [1.29, 1.82) is 0 Å². The minimum Gasteiger partial charge on any atom is -0.378 e. The van der Waals surface area contributed by atoms with Crippen LogP contribution in [0.5, 0.6) is 0 Å². The number of aryl methyl sites for hydroxylation is 1. The molecule has 1 aromatic rings. The fourth-order valence-corrected chi connectivity index (χ4v) is 4.23. The van der Waals surface area contributed by atoms with Crippen molar-refractivity contribution in [1.82, 2.24) is 0 Å². The summed E-state index contributed by atoms with van der Waals surface area (Å²) in [7, 11) is -3.77. The maximum absolute atomic E-state index is 12.1. The molecule has 0 heterocycles. The molecule has 1 rings (SSSR count). The van der Waals surface area contributed by atoms with Gasteiger partial charge in [-0.1, -0.05) is 33.6 Å². The van der Waals surface area contributed by atoms with E-state index in [1.807, 2.05) is 6.92 Å². The van der Waals surface area contributed by atoms with E-state index in [9.17, 15) is 8.42 Å². The highest BCUT2D eigenvalue weighted by molar-refractivity contribution is 9.09. The van der Waals surface area contributed by atoms with Gasteiger partial charge in [0, 0.05) is 5.33 Å². The van der Waals surface area contributed by atoms with Crippen LogP contribution in [0.4, 0.5) is 0 Å². The zero-order valence-corrected chi connectivity index (χ0v) is 28.4. The summed E-state index contributed by atoms with van der Waals surface area (Å²) >= 11 is 3.29. The Morgan fingerprint density at radius 1 is 0.432 bits per heavy atom. The lowest BCUT2D eigenvalue weighted by Gasteiger charge is -2.09. The van der Waals surface area contributed by atoms with Gasteiger partial charge in [0.2, 0.25) is 0 Å². The first-order chi connectivity index (χ1) is 21.6. The van der Waals surface area contributed by atoms with Crippen LogP contribution >= 0.6 is 15.9 Å². The smallest absolute Gasteiger partial charge is 0.297 e. The van der Waals surface area contributed by atoms with Crippen LogP contribution in [0.25, 0.3) is 0 Å². The van der Waals surface area contributed by atoms with E-state index < -0.39 is 10.1 Å². The zero-order chi connectivity index (χ0) is 31.8. The van der Waals surface area contributed by atoms with Gasteiger partial charge >= 0.3 is 0 Å². The summed E-state index contributed by atoms with van der Waals surface area (Å²) in [5, 5.41) is 0.831. The second-order valence-electron chi connectivity index (χ2n) is 8.90. The van der Waals surface area contributed by atoms with Crippen molar-refractivity contribution in [2.24, 2.45) is 0 Å². The largest absolute Gasteiger partial charge is 0.378 e. The Kier molecular flexibility index (Phi) is 28.9. The summed E-state index contributed by atoms with van der Waals surface area (Å²) < 4.78 is 83.2. The van der Waals surface area contributed by atoms with Gasteiger partial charge in [-0.15, -0.1) is 0 Å². The number of hydrogen-bond acceptors (Lipinski definition) is 13. The van der Waals surface area contributed by atoms with Crippen LogP contribution in [-0.2, 0) is 61.7 Å². The predicted molar refractivity (Wildman–Crippen MR) is 166 cm³/mol. The van der Waals surface area contributed by atoms with E-state index in [0.29, 0.717) is 126 Å². The Labute approximate surface area is 271 Å². The molecule has 0 radical (unpaired) electrons. The number of benzene rings is 1. The fourth-order valence-electron chi connectivity index (χ4n) is 3.11. The molecule has 0 aromatic heterocycles. The number of halogens is 1. The van der Waals surface area contributed by atoms with E-state index in [4.69, 9.17) is 51.6 Å². The average Bonchev–Trinajstić information content (AvgIpc) is 3.02. The van der Waals surface area contributed by atoms with Gasteiger partial charge in [0.05, 0.1) is 144 Å². The minimum absolute atomic E-state index is 0.0576. The Morgan fingerprint density at radius 2 is 0.682 bits per heavy atom. The summed E-state index contributed by atoms with van der Waals surface area (Å²) in [6.45, 7) is 11.4. The van der Waals surface area contributed by atoms with Gasteiger partial charge in [0.25, 0.3) is 10.1 Å². The lowest BCUT2D eigenvalue weighted by atomic mass is 10.2. The molecule has 0 N–H and O–H groups in total. The first-order valence-electron chi connectivity index (χ1n) is 14.9. The van der Waals surface area contributed by atoms with Gasteiger partial charge in [-0.25, -0.2) is 0 Å². The average molecular weight is 720 g/mol. The Bertz CT molecular complexity index is 846. The van der Waals surface area contributed by atoms with Crippen molar-refractivity contribution >= 4 is 26.0 Å². The van der Waals surface area contributed by atoms with Crippen molar-refractivity contribution in [3.63, 3.8) is 0 Å². The molecule has 0 aliphatic heterocycles. The summed E-state index contributed by atoms with van der Waals surface area (Å²) in [5.74, 6) is 0. The van der Waals surface area contributed by atoms with Gasteiger partial charge in [-0.2, -0.15) is 8.42 Å². The predicted octanol–water partition coefficient (Wildman–Crippen LogP) is 2.26. The van der Waals surface area contributed by atoms with E-state index in [2.05, 4.69) is 15.9 Å². The Balaban J connectivity index is 1.69. The number of alkyl halides is 1. The van der Waals surface area contributed by atoms with E-state index in [1.165, 1.54) is 12.1 Å². The van der Waals surface area contributed by atoms with Gasteiger partial charge in [-0.05, 0) is 19.1 Å². The van der Waals surface area contributed by atoms with Crippen molar-refractivity contribution in [3.05, 3.63) is 29.8 Å². The highest BCUT2D eigenvalue weighted by atomic mass is 79.9. The van der Waals surface area contributed by atoms with Gasteiger partial charge in [0.1, 0.15) is 0 Å². The summed E-state index contributed by atoms with van der Waals surface area (Å²) in [6, 6.07) is 6.48. The molecular formula is C29H51BrO13S. The van der Waals surface area contributed by atoms with Crippen LogP contribution in [0, 0.1) is 6.92 Å². The lowest BCUT2D eigenvalue weighted by Crippen LogP contribution is -2.15. The van der Waals surface area contributed by atoms with Gasteiger partial charge < -0.3 is 47.4 Å². The third-order valence-electron chi connectivity index (χ3n) is 5.35. The standard InChI is InChI=1S/C29H51BrO13S/c1-28-2-4-29(5-3-28)44(31,32)43-27-26-42-25-24-41-23-22-40-21-20-39-19-18-38-17-16-37-15-14-36-13-12-35-11-10-34-9-8-33-7-6-30/h2-5H,6-27H2,1H3. The van der Waals surface area contributed by atoms with E-state index in [1.54, 1.807) is 12.1 Å². The molecule has 0 fully saturated rings. The zero-order valence-electron chi connectivity index (χ0n) is 26.0. The fraction of sp³-hybridized carbons (Fsp3) is 0.793. The minimum atomic E-state index is -3.77. The summed E-state index contributed by atoms with van der Waals surface area (Å²) in [6.07, 6.45) is 0. The van der Waals surface area contributed by atoms with E-state index in [-0.39, 0.29) is 18.1 Å². The molecule has 0 spiro atoms. The third-order valence-corrected chi connectivity index (χ3v) is 7.00. The quantitative estimate of drug-likeness (QED) is 0.0586. The van der Waals surface area contributed by atoms with Crippen molar-refractivity contribution in [2.75, 3.05) is 144 Å². The van der Waals surface area contributed by atoms with Crippen LogP contribution in [0.2, 0.25) is 0 Å². The molecule has 44 heavy (non-hydrogen) atoms. The molecule has 0 amide bonds. The highest BCUT2D eigenvalue weighted by Gasteiger charge is 2.14. The first-order valence-corrected chi connectivity index (χ1v) is 17.4. The third kappa shape index (κ3) is 26.4. The molecule has 0 atom stereocenters. The van der Waals surface area contributed by atoms with E-state index >= 15 is 0 Å². The number of rotatable bonds is 34. The summed E-state index contributed by atoms with van der Waals surface area (Å²) in [5.41, 5.74) is 0.976. The normalized spacial score (nSPS) is 11.9. The second-order valence-corrected chi connectivity index (χ2v) is 11.3.